The van der Waals surface area contributed by atoms with Crippen LogP contribution in [0.15, 0.2) is 28.7 Å². The second-order valence-electron chi connectivity index (χ2n) is 3.99. The van der Waals surface area contributed by atoms with Crippen LogP contribution < -0.4 is 5.73 Å². The zero-order valence-corrected chi connectivity index (χ0v) is 10.3. The van der Waals surface area contributed by atoms with Crippen molar-refractivity contribution in [2.24, 2.45) is 5.73 Å². The summed E-state index contributed by atoms with van der Waals surface area (Å²) in [5.41, 5.74) is 6.75. The Bertz CT molecular complexity index is 319. The maximum atomic E-state index is 5.91. The minimum Gasteiger partial charge on any atom is -0.370 e. The lowest BCUT2D eigenvalue weighted by atomic mass is 10.1. The molecule has 0 bridgehead atoms. The Labute approximate surface area is 98.9 Å². The van der Waals surface area contributed by atoms with E-state index < -0.39 is 0 Å². The van der Waals surface area contributed by atoms with Crippen molar-refractivity contribution in [3.05, 3.63) is 34.3 Å². The SMILES string of the molecule is NCCCOC1(c2ccc(Br)cc2)CC1. The molecule has 3 heteroatoms. The minimum absolute atomic E-state index is 0.00979. The van der Waals surface area contributed by atoms with Crippen LogP contribution >= 0.6 is 15.9 Å². The first-order valence-electron chi connectivity index (χ1n) is 5.37. The van der Waals surface area contributed by atoms with Gasteiger partial charge in [-0.25, -0.2) is 0 Å². The van der Waals surface area contributed by atoms with E-state index in [1.807, 2.05) is 0 Å². The highest BCUT2D eigenvalue weighted by atomic mass is 79.9. The molecule has 1 saturated carbocycles. The van der Waals surface area contributed by atoms with Gasteiger partial charge in [0.15, 0.2) is 0 Å². The van der Waals surface area contributed by atoms with Crippen LogP contribution in [-0.2, 0) is 10.3 Å². The van der Waals surface area contributed by atoms with Crippen LogP contribution in [0.2, 0.25) is 0 Å². The molecule has 0 amide bonds. The Morgan fingerprint density at radius 2 is 1.93 bits per heavy atom. The fourth-order valence-electron chi connectivity index (χ4n) is 1.73. The van der Waals surface area contributed by atoms with Crippen molar-refractivity contribution in [1.82, 2.24) is 0 Å². The van der Waals surface area contributed by atoms with E-state index in [4.69, 9.17) is 10.5 Å². The van der Waals surface area contributed by atoms with Gasteiger partial charge in [-0.1, -0.05) is 28.1 Å². The molecule has 2 N–H and O–H groups in total. The summed E-state index contributed by atoms with van der Waals surface area (Å²) in [7, 11) is 0. The highest BCUT2D eigenvalue weighted by molar-refractivity contribution is 9.10. The summed E-state index contributed by atoms with van der Waals surface area (Å²) in [6, 6.07) is 8.42. The number of hydrogen-bond acceptors (Lipinski definition) is 2. The summed E-state index contributed by atoms with van der Waals surface area (Å²) in [5, 5.41) is 0. The van der Waals surface area contributed by atoms with E-state index in [0.717, 1.165) is 30.3 Å². The summed E-state index contributed by atoms with van der Waals surface area (Å²) in [5.74, 6) is 0. The van der Waals surface area contributed by atoms with Gasteiger partial charge in [0.05, 0.1) is 5.60 Å². The molecule has 0 atom stereocenters. The van der Waals surface area contributed by atoms with Crippen molar-refractivity contribution < 1.29 is 4.74 Å². The van der Waals surface area contributed by atoms with Gasteiger partial charge >= 0.3 is 0 Å². The molecule has 0 saturated heterocycles. The first-order valence-corrected chi connectivity index (χ1v) is 6.16. The quantitative estimate of drug-likeness (QED) is 0.835. The van der Waals surface area contributed by atoms with E-state index in [1.54, 1.807) is 0 Å². The third-order valence-corrected chi connectivity index (χ3v) is 3.33. The highest BCUT2D eigenvalue weighted by Crippen LogP contribution is 2.49. The minimum atomic E-state index is 0.00979. The highest BCUT2D eigenvalue weighted by Gasteiger charge is 2.45. The average Bonchev–Trinajstić information content (AvgIpc) is 3.00. The molecular formula is C12H16BrNO. The Balaban J connectivity index is 1.99. The lowest BCUT2D eigenvalue weighted by Gasteiger charge is -2.16. The van der Waals surface area contributed by atoms with Crippen LogP contribution in [-0.4, -0.2) is 13.2 Å². The van der Waals surface area contributed by atoms with E-state index in [1.165, 1.54) is 5.56 Å². The fourth-order valence-corrected chi connectivity index (χ4v) is 2.00. The molecule has 2 nitrogen and oxygen atoms in total. The van der Waals surface area contributed by atoms with Gasteiger partial charge in [-0.3, -0.25) is 0 Å². The third-order valence-electron chi connectivity index (χ3n) is 2.80. The zero-order chi connectivity index (χ0) is 10.7. The Morgan fingerprint density at radius 1 is 1.27 bits per heavy atom. The fraction of sp³-hybridized carbons (Fsp3) is 0.500. The summed E-state index contributed by atoms with van der Waals surface area (Å²) in [4.78, 5) is 0. The van der Waals surface area contributed by atoms with Crippen LogP contribution in [0.4, 0.5) is 0 Å². The van der Waals surface area contributed by atoms with Gasteiger partial charge in [0.2, 0.25) is 0 Å². The molecule has 0 aliphatic heterocycles. The summed E-state index contributed by atoms with van der Waals surface area (Å²) < 4.78 is 7.03. The monoisotopic (exact) mass is 269 g/mol. The second kappa shape index (κ2) is 4.64. The number of benzene rings is 1. The largest absolute Gasteiger partial charge is 0.370 e. The molecule has 0 heterocycles. The predicted octanol–water partition coefficient (Wildman–Crippen LogP) is 2.80. The molecule has 82 valence electrons. The smallest absolute Gasteiger partial charge is 0.0933 e. The lowest BCUT2D eigenvalue weighted by Crippen LogP contribution is -2.14. The summed E-state index contributed by atoms with van der Waals surface area (Å²) in [6.45, 7) is 1.48. The first-order chi connectivity index (χ1) is 7.27. The molecule has 1 fully saturated rings. The third kappa shape index (κ3) is 2.60. The maximum absolute atomic E-state index is 5.91. The van der Waals surface area contributed by atoms with Gasteiger partial charge < -0.3 is 10.5 Å². The number of rotatable bonds is 5. The van der Waals surface area contributed by atoms with Crippen LogP contribution in [0.3, 0.4) is 0 Å². The molecular weight excluding hydrogens is 254 g/mol. The van der Waals surface area contributed by atoms with Gasteiger partial charge in [0, 0.05) is 11.1 Å². The molecule has 2 rings (SSSR count). The van der Waals surface area contributed by atoms with E-state index in [0.29, 0.717) is 6.54 Å². The molecule has 1 aliphatic carbocycles. The van der Waals surface area contributed by atoms with Crippen molar-refractivity contribution in [2.45, 2.75) is 24.9 Å². The normalized spacial score (nSPS) is 17.7. The van der Waals surface area contributed by atoms with Crippen LogP contribution in [0, 0.1) is 0 Å². The van der Waals surface area contributed by atoms with Gasteiger partial charge in [-0.2, -0.15) is 0 Å². The van der Waals surface area contributed by atoms with Crippen molar-refractivity contribution in [2.75, 3.05) is 13.2 Å². The molecule has 1 aromatic rings. The predicted molar refractivity (Wildman–Crippen MR) is 64.7 cm³/mol. The Hall–Kier alpha value is -0.380. The number of halogens is 1. The molecule has 0 spiro atoms. The maximum Gasteiger partial charge on any atom is 0.0933 e. The van der Waals surface area contributed by atoms with Crippen LogP contribution in [0.5, 0.6) is 0 Å². The molecule has 1 aliphatic rings. The molecule has 0 radical (unpaired) electrons. The molecule has 15 heavy (non-hydrogen) atoms. The standard InChI is InChI=1S/C12H16BrNO/c13-11-4-2-10(3-5-11)12(6-7-12)15-9-1-8-14/h2-5H,1,6-9,14H2. The number of ether oxygens (including phenoxy) is 1. The van der Waals surface area contributed by atoms with Crippen LogP contribution in [0.25, 0.3) is 0 Å². The molecule has 0 unspecified atom stereocenters. The second-order valence-corrected chi connectivity index (χ2v) is 4.91. The van der Waals surface area contributed by atoms with E-state index >= 15 is 0 Å². The van der Waals surface area contributed by atoms with E-state index in [-0.39, 0.29) is 5.60 Å². The Kier molecular flexibility index (Phi) is 3.44. The average molecular weight is 270 g/mol. The molecule has 1 aromatic carbocycles. The van der Waals surface area contributed by atoms with Gasteiger partial charge in [0.1, 0.15) is 0 Å². The van der Waals surface area contributed by atoms with Crippen molar-refractivity contribution in [3.63, 3.8) is 0 Å². The van der Waals surface area contributed by atoms with Crippen molar-refractivity contribution in [3.8, 4) is 0 Å². The van der Waals surface area contributed by atoms with Crippen molar-refractivity contribution >= 4 is 15.9 Å². The van der Waals surface area contributed by atoms with E-state index in [2.05, 4.69) is 40.2 Å². The van der Waals surface area contributed by atoms with E-state index in [9.17, 15) is 0 Å². The lowest BCUT2D eigenvalue weighted by molar-refractivity contribution is 0.0297. The number of hydrogen-bond donors (Lipinski definition) is 1. The first kappa shape index (κ1) is 11.1. The van der Waals surface area contributed by atoms with Gasteiger partial charge in [-0.15, -0.1) is 0 Å². The summed E-state index contributed by atoms with van der Waals surface area (Å²) in [6.07, 6.45) is 3.22. The zero-order valence-electron chi connectivity index (χ0n) is 8.71. The Morgan fingerprint density at radius 3 is 2.47 bits per heavy atom. The van der Waals surface area contributed by atoms with Gasteiger partial charge in [-0.05, 0) is 43.5 Å². The molecule has 0 aromatic heterocycles. The summed E-state index contributed by atoms with van der Waals surface area (Å²) >= 11 is 3.44. The van der Waals surface area contributed by atoms with Crippen molar-refractivity contribution in [1.29, 1.82) is 0 Å². The topological polar surface area (TPSA) is 35.2 Å². The van der Waals surface area contributed by atoms with Crippen LogP contribution in [0.1, 0.15) is 24.8 Å². The number of nitrogens with two attached hydrogens (primary N) is 1. The van der Waals surface area contributed by atoms with Gasteiger partial charge in [0.25, 0.3) is 0 Å².